The number of benzene rings is 1. The van der Waals surface area contributed by atoms with Crippen LogP contribution in [0.2, 0.25) is 0 Å². The second kappa shape index (κ2) is 9.23. The summed E-state index contributed by atoms with van der Waals surface area (Å²) in [7, 11) is 1.70. The number of methoxy groups -OCH3 is 1. The first-order valence-corrected chi connectivity index (χ1v) is 7.22. The molecule has 4 heteroatoms. The molecular formula is C15H21BrFNO. The van der Waals surface area contributed by atoms with E-state index in [2.05, 4.69) is 34.2 Å². The summed E-state index contributed by atoms with van der Waals surface area (Å²) in [6.07, 6.45) is 3.94. The Kier molecular flexibility index (Phi) is 7.94. The van der Waals surface area contributed by atoms with Crippen molar-refractivity contribution in [1.29, 1.82) is 0 Å². The van der Waals surface area contributed by atoms with Gasteiger partial charge in [-0.15, -0.1) is 0 Å². The van der Waals surface area contributed by atoms with E-state index in [0.29, 0.717) is 4.47 Å². The van der Waals surface area contributed by atoms with E-state index >= 15 is 0 Å². The molecule has 0 aliphatic heterocycles. The van der Waals surface area contributed by atoms with Crippen LogP contribution in [0.4, 0.5) is 4.39 Å². The van der Waals surface area contributed by atoms with Crippen LogP contribution in [0, 0.1) is 5.82 Å². The molecule has 0 aromatic heterocycles. The van der Waals surface area contributed by atoms with Gasteiger partial charge in [0.2, 0.25) is 0 Å². The smallest absolute Gasteiger partial charge is 0.137 e. The summed E-state index contributed by atoms with van der Waals surface area (Å²) < 4.78 is 18.9. The topological polar surface area (TPSA) is 21.3 Å². The summed E-state index contributed by atoms with van der Waals surface area (Å²) in [5.74, 6) is -0.202. The molecule has 1 rings (SSSR count). The lowest BCUT2D eigenvalue weighted by Crippen LogP contribution is -2.19. The molecule has 0 spiro atoms. The maximum atomic E-state index is 13.4. The molecule has 0 bridgehead atoms. The molecule has 2 nitrogen and oxygen atoms in total. The highest BCUT2D eigenvalue weighted by atomic mass is 79.9. The number of halogens is 2. The van der Waals surface area contributed by atoms with E-state index in [0.717, 1.165) is 38.1 Å². The van der Waals surface area contributed by atoms with Gasteiger partial charge >= 0.3 is 0 Å². The first-order valence-electron chi connectivity index (χ1n) is 6.43. The van der Waals surface area contributed by atoms with Crippen molar-refractivity contribution in [2.24, 2.45) is 0 Å². The number of nitrogens with one attached hydrogen (secondary N) is 1. The van der Waals surface area contributed by atoms with Crippen molar-refractivity contribution in [2.45, 2.75) is 19.8 Å². The summed E-state index contributed by atoms with van der Waals surface area (Å²) in [4.78, 5) is 0. The molecule has 0 saturated heterocycles. The van der Waals surface area contributed by atoms with Crippen molar-refractivity contribution in [2.75, 3.05) is 26.8 Å². The minimum Gasteiger partial charge on any atom is -0.383 e. The van der Waals surface area contributed by atoms with E-state index in [1.165, 1.54) is 11.6 Å². The summed E-state index contributed by atoms with van der Waals surface area (Å²) in [5.41, 5.74) is 2.24. The fourth-order valence-electron chi connectivity index (χ4n) is 1.78. The van der Waals surface area contributed by atoms with Gasteiger partial charge in [0.15, 0.2) is 0 Å². The molecule has 0 fully saturated rings. The van der Waals surface area contributed by atoms with Gasteiger partial charge < -0.3 is 10.1 Å². The molecule has 0 unspecified atom stereocenters. The molecule has 1 aromatic carbocycles. The Morgan fingerprint density at radius 1 is 1.42 bits per heavy atom. The largest absolute Gasteiger partial charge is 0.383 e. The molecule has 0 heterocycles. The number of hydrogen-bond acceptors (Lipinski definition) is 2. The summed E-state index contributed by atoms with van der Waals surface area (Å²) in [6, 6.07) is 5.16. The van der Waals surface area contributed by atoms with E-state index in [9.17, 15) is 4.39 Å². The third kappa shape index (κ3) is 6.32. The van der Waals surface area contributed by atoms with Gasteiger partial charge in [-0.25, -0.2) is 4.39 Å². The average molecular weight is 330 g/mol. The van der Waals surface area contributed by atoms with Gasteiger partial charge in [-0.3, -0.25) is 0 Å². The molecule has 1 aromatic rings. The zero-order chi connectivity index (χ0) is 14.1. The van der Waals surface area contributed by atoms with Crippen molar-refractivity contribution in [1.82, 2.24) is 5.32 Å². The Balaban J connectivity index is 2.37. The van der Waals surface area contributed by atoms with Gasteiger partial charge in [-0.1, -0.05) is 23.8 Å². The van der Waals surface area contributed by atoms with Crippen molar-refractivity contribution >= 4 is 15.9 Å². The highest BCUT2D eigenvalue weighted by Gasteiger charge is 2.05. The van der Waals surface area contributed by atoms with Crippen molar-refractivity contribution in [3.8, 4) is 0 Å². The van der Waals surface area contributed by atoms with E-state index < -0.39 is 0 Å². The van der Waals surface area contributed by atoms with Crippen LogP contribution in [0.1, 0.15) is 18.9 Å². The summed E-state index contributed by atoms with van der Waals surface area (Å²) in [6.45, 7) is 4.62. The first kappa shape index (κ1) is 16.3. The fraction of sp³-hybridized carbons (Fsp3) is 0.467. The third-order valence-corrected chi connectivity index (χ3v) is 3.69. The van der Waals surface area contributed by atoms with Crippen LogP contribution in [-0.2, 0) is 11.2 Å². The molecule has 0 amide bonds. The van der Waals surface area contributed by atoms with E-state index in [1.807, 2.05) is 6.07 Å². The van der Waals surface area contributed by atoms with Gasteiger partial charge in [0.1, 0.15) is 5.82 Å². The van der Waals surface area contributed by atoms with Crippen molar-refractivity contribution in [3.05, 3.63) is 45.7 Å². The molecule has 19 heavy (non-hydrogen) atoms. The standard InChI is InChI=1S/C15H21BrFNO/c1-12(5-4-8-18-9-10-19-2)11-13-6-3-7-14(17)15(13)16/h3,5-7,18H,4,8-11H2,1-2H3/b12-5-. The highest BCUT2D eigenvalue weighted by Crippen LogP contribution is 2.22. The van der Waals surface area contributed by atoms with Crippen LogP contribution >= 0.6 is 15.9 Å². The maximum Gasteiger partial charge on any atom is 0.137 e. The predicted octanol–water partition coefficient (Wildman–Crippen LogP) is 3.70. The molecule has 0 atom stereocenters. The van der Waals surface area contributed by atoms with Crippen LogP contribution in [-0.4, -0.2) is 26.8 Å². The zero-order valence-electron chi connectivity index (χ0n) is 11.5. The first-order chi connectivity index (χ1) is 9.15. The molecule has 106 valence electrons. The molecule has 1 N–H and O–H groups in total. The minimum absolute atomic E-state index is 0.202. The Hall–Kier alpha value is -0.710. The normalized spacial score (nSPS) is 11.9. The number of rotatable bonds is 8. The Morgan fingerprint density at radius 3 is 2.95 bits per heavy atom. The fourth-order valence-corrected chi connectivity index (χ4v) is 2.18. The van der Waals surface area contributed by atoms with Gasteiger partial charge in [0, 0.05) is 13.7 Å². The van der Waals surface area contributed by atoms with E-state index in [1.54, 1.807) is 13.2 Å². The molecule has 0 saturated carbocycles. The Labute approximate surface area is 123 Å². The average Bonchev–Trinajstić information content (AvgIpc) is 2.39. The number of ether oxygens (including phenoxy) is 1. The van der Waals surface area contributed by atoms with Crippen molar-refractivity contribution < 1.29 is 9.13 Å². The van der Waals surface area contributed by atoms with E-state index in [-0.39, 0.29) is 5.82 Å². The van der Waals surface area contributed by atoms with Gasteiger partial charge in [-0.05, 0) is 53.9 Å². The predicted molar refractivity (Wildman–Crippen MR) is 80.9 cm³/mol. The number of hydrogen-bond donors (Lipinski definition) is 1. The molecule has 0 aliphatic carbocycles. The summed E-state index contributed by atoms with van der Waals surface area (Å²) >= 11 is 3.29. The SMILES string of the molecule is COCCNCC/C=C(/C)Cc1cccc(F)c1Br. The minimum atomic E-state index is -0.202. The van der Waals surface area contributed by atoms with Crippen LogP contribution < -0.4 is 5.32 Å². The lowest BCUT2D eigenvalue weighted by molar-refractivity contribution is 0.199. The highest BCUT2D eigenvalue weighted by molar-refractivity contribution is 9.10. The third-order valence-electron chi connectivity index (χ3n) is 2.80. The van der Waals surface area contributed by atoms with Crippen LogP contribution in [0.25, 0.3) is 0 Å². The van der Waals surface area contributed by atoms with Gasteiger partial charge in [0.05, 0.1) is 11.1 Å². The maximum absolute atomic E-state index is 13.4. The molecular weight excluding hydrogens is 309 g/mol. The van der Waals surface area contributed by atoms with Crippen LogP contribution in [0.15, 0.2) is 34.3 Å². The molecule has 0 aliphatic rings. The van der Waals surface area contributed by atoms with Gasteiger partial charge in [0.25, 0.3) is 0 Å². The van der Waals surface area contributed by atoms with Crippen LogP contribution in [0.3, 0.4) is 0 Å². The second-order valence-corrected chi connectivity index (χ2v) is 5.26. The monoisotopic (exact) mass is 329 g/mol. The Morgan fingerprint density at radius 2 is 2.21 bits per heavy atom. The van der Waals surface area contributed by atoms with E-state index in [4.69, 9.17) is 4.74 Å². The lowest BCUT2D eigenvalue weighted by Gasteiger charge is -2.06. The Bertz CT molecular complexity index is 421. The van der Waals surface area contributed by atoms with Crippen LogP contribution in [0.5, 0.6) is 0 Å². The second-order valence-electron chi connectivity index (χ2n) is 4.47. The zero-order valence-corrected chi connectivity index (χ0v) is 13.1. The molecule has 0 radical (unpaired) electrons. The quantitative estimate of drug-likeness (QED) is 0.580. The van der Waals surface area contributed by atoms with Crippen molar-refractivity contribution in [3.63, 3.8) is 0 Å². The lowest BCUT2D eigenvalue weighted by atomic mass is 10.1. The summed E-state index contributed by atoms with van der Waals surface area (Å²) in [5, 5.41) is 3.29. The number of allylic oxidation sites excluding steroid dienone is 1. The van der Waals surface area contributed by atoms with Gasteiger partial charge in [-0.2, -0.15) is 0 Å².